The third-order valence-corrected chi connectivity index (χ3v) is 7.36. The number of hydrogen-bond donors (Lipinski definition) is 1. The average Bonchev–Trinajstić information content (AvgIpc) is 2.87. The van der Waals surface area contributed by atoms with Crippen LogP contribution in [0.5, 0.6) is 11.5 Å². The Labute approximate surface area is 211 Å². The fraction of sp³-hybridized carbons (Fsp3) is 0.296. The number of nitrogens with one attached hydrogen (secondary N) is 1. The van der Waals surface area contributed by atoms with E-state index in [0.29, 0.717) is 18.1 Å². The van der Waals surface area contributed by atoms with E-state index in [1.165, 1.54) is 44.6 Å². The summed E-state index contributed by atoms with van der Waals surface area (Å²) in [5, 5.41) is 2.98. The van der Waals surface area contributed by atoms with Crippen LogP contribution in [0.25, 0.3) is 0 Å². The molecule has 3 aromatic rings. The van der Waals surface area contributed by atoms with Crippen molar-refractivity contribution in [1.82, 2.24) is 5.32 Å². The Hall–Kier alpha value is -3.59. The maximum Gasteiger partial charge on any atom is 0.264 e. The summed E-state index contributed by atoms with van der Waals surface area (Å²) < 4.78 is 52.5. The van der Waals surface area contributed by atoms with Gasteiger partial charge in [-0.15, -0.1) is 0 Å². The molecule has 0 spiro atoms. The molecular formula is C27H31FN2O5S. The van der Waals surface area contributed by atoms with E-state index in [9.17, 15) is 17.6 Å². The van der Waals surface area contributed by atoms with Crippen LogP contribution in [-0.4, -0.2) is 35.1 Å². The number of rotatable bonds is 11. The van der Waals surface area contributed by atoms with Crippen molar-refractivity contribution in [1.29, 1.82) is 0 Å². The Balaban J connectivity index is 1.96. The van der Waals surface area contributed by atoms with Crippen LogP contribution in [0.3, 0.4) is 0 Å². The van der Waals surface area contributed by atoms with E-state index in [1.54, 1.807) is 0 Å². The number of hydrogen-bond acceptors (Lipinski definition) is 5. The SMILES string of the molecule is COc1ccc(S(=O)(=O)N(CC(=O)N[C@@H](CC(C)C)c2ccccc2)c2ccc(F)cc2)cc1OC. The number of benzene rings is 3. The van der Waals surface area contributed by atoms with E-state index in [1.807, 2.05) is 30.3 Å². The Bertz CT molecular complexity index is 1270. The molecule has 0 aliphatic carbocycles. The van der Waals surface area contributed by atoms with Crippen molar-refractivity contribution < 1.29 is 27.1 Å². The molecule has 9 heteroatoms. The molecule has 192 valence electrons. The zero-order valence-corrected chi connectivity index (χ0v) is 21.6. The van der Waals surface area contributed by atoms with E-state index in [2.05, 4.69) is 19.2 Å². The second-order valence-electron chi connectivity index (χ2n) is 8.67. The van der Waals surface area contributed by atoms with E-state index in [-0.39, 0.29) is 22.4 Å². The standard InChI is InChI=1S/C27H31FN2O5S/c1-19(2)16-24(20-8-6-5-7-9-20)29-27(31)18-30(22-12-10-21(28)11-13-22)36(32,33)23-14-15-25(34-3)26(17-23)35-4/h5-15,17,19,24H,16,18H2,1-4H3,(H,29,31)/t24-/m0/s1. The molecule has 3 aromatic carbocycles. The van der Waals surface area contributed by atoms with Gasteiger partial charge in [0.15, 0.2) is 11.5 Å². The number of amides is 1. The minimum atomic E-state index is -4.23. The van der Waals surface area contributed by atoms with Crippen LogP contribution in [0.2, 0.25) is 0 Å². The number of nitrogens with zero attached hydrogens (tertiary/aromatic N) is 1. The van der Waals surface area contributed by atoms with E-state index in [4.69, 9.17) is 9.47 Å². The summed E-state index contributed by atoms with van der Waals surface area (Å²) >= 11 is 0. The Kier molecular flexibility index (Phi) is 8.93. The molecule has 3 rings (SSSR count). The fourth-order valence-corrected chi connectivity index (χ4v) is 5.27. The fourth-order valence-electron chi connectivity index (χ4n) is 3.83. The summed E-state index contributed by atoms with van der Waals surface area (Å²) in [5.41, 5.74) is 1.08. The Morgan fingerprint density at radius 1 is 0.944 bits per heavy atom. The number of anilines is 1. The Morgan fingerprint density at radius 2 is 1.58 bits per heavy atom. The molecule has 0 saturated heterocycles. The first-order valence-electron chi connectivity index (χ1n) is 11.5. The predicted octanol–water partition coefficient (Wildman–Crippen LogP) is 4.94. The van der Waals surface area contributed by atoms with E-state index in [0.717, 1.165) is 22.0 Å². The van der Waals surface area contributed by atoms with E-state index >= 15 is 0 Å². The molecular weight excluding hydrogens is 483 g/mol. The average molecular weight is 515 g/mol. The molecule has 0 aliphatic heterocycles. The van der Waals surface area contributed by atoms with Gasteiger partial charge in [-0.25, -0.2) is 12.8 Å². The number of sulfonamides is 1. The van der Waals surface area contributed by atoms with Gasteiger partial charge in [0.2, 0.25) is 5.91 Å². The van der Waals surface area contributed by atoms with Crippen LogP contribution in [-0.2, 0) is 14.8 Å². The van der Waals surface area contributed by atoms with Gasteiger partial charge in [0.25, 0.3) is 10.0 Å². The highest BCUT2D eigenvalue weighted by atomic mass is 32.2. The maximum atomic E-state index is 13.7. The number of carbonyl (C=O) groups is 1. The summed E-state index contributed by atoms with van der Waals surface area (Å²) in [6, 6.07) is 18.3. The second kappa shape index (κ2) is 11.9. The smallest absolute Gasteiger partial charge is 0.264 e. The van der Waals surface area contributed by atoms with Crippen molar-refractivity contribution >= 4 is 21.6 Å². The lowest BCUT2D eigenvalue weighted by molar-refractivity contribution is -0.120. The van der Waals surface area contributed by atoms with Gasteiger partial charge in [-0.05, 0) is 54.3 Å². The largest absolute Gasteiger partial charge is 0.493 e. The van der Waals surface area contributed by atoms with Crippen molar-refractivity contribution in [2.75, 3.05) is 25.1 Å². The quantitative estimate of drug-likeness (QED) is 0.392. The van der Waals surface area contributed by atoms with Crippen LogP contribution in [0.4, 0.5) is 10.1 Å². The molecule has 0 heterocycles. The molecule has 0 fully saturated rings. The number of methoxy groups -OCH3 is 2. The molecule has 1 amide bonds. The highest BCUT2D eigenvalue weighted by Crippen LogP contribution is 2.32. The van der Waals surface area contributed by atoms with Crippen LogP contribution in [0.15, 0.2) is 77.7 Å². The second-order valence-corrected chi connectivity index (χ2v) is 10.5. The molecule has 7 nitrogen and oxygen atoms in total. The summed E-state index contributed by atoms with van der Waals surface area (Å²) in [7, 11) is -1.38. The third-order valence-electron chi connectivity index (χ3n) is 5.59. The predicted molar refractivity (Wildman–Crippen MR) is 137 cm³/mol. The lowest BCUT2D eigenvalue weighted by Crippen LogP contribution is -2.42. The topological polar surface area (TPSA) is 84.9 Å². The first-order chi connectivity index (χ1) is 17.1. The molecule has 36 heavy (non-hydrogen) atoms. The number of carbonyl (C=O) groups excluding carboxylic acids is 1. The van der Waals surface area contributed by atoms with E-state index < -0.39 is 28.3 Å². The van der Waals surface area contributed by atoms with Crippen molar-refractivity contribution in [3.8, 4) is 11.5 Å². The van der Waals surface area contributed by atoms with Crippen molar-refractivity contribution in [3.63, 3.8) is 0 Å². The highest BCUT2D eigenvalue weighted by molar-refractivity contribution is 7.92. The normalized spacial score (nSPS) is 12.2. The monoisotopic (exact) mass is 514 g/mol. The molecule has 0 saturated carbocycles. The van der Waals surface area contributed by atoms with Crippen LogP contribution in [0, 0.1) is 11.7 Å². The highest BCUT2D eigenvalue weighted by Gasteiger charge is 2.29. The summed E-state index contributed by atoms with van der Waals surface area (Å²) in [5.74, 6) is -0.130. The molecule has 0 radical (unpaired) electrons. The third kappa shape index (κ3) is 6.54. The molecule has 0 aliphatic rings. The lowest BCUT2D eigenvalue weighted by atomic mass is 9.97. The van der Waals surface area contributed by atoms with Gasteiger partial charge in [0.1, 0.15) is 12.4 Å². The van der Waals surface area contributed by atoms with Gasteiger partial charge in [-0.2, -0.15) is 0 Å². The molecule has 0 bridgehead atoms. The number of ether oxygens (including phenoxy) is 2. The van der Waals surface area contributed by atoms with Gasteiger partial charge >= 0.3 is 0 Å². The summed E-state index contributed by atoms with van der Waals surface area (Å²) in [4.78, 5) is 13.1. The summed E-state index contributed by atoms with van der Waals surface area (Å²) in [6.07, 6.45) is 0.675. The molecule has 1 atom stereocenters. The zero-order valence-electron chi connectivity index (χ0n) is 20.8. The minimum absolute atomic E-state index is 0.0981. The van der Waals surface area contributed by atoms with Crippen LogP contribution >= 0.6 is 0 Å². The maximum absolute atomic E-state index is 13.7. The Morgan fingerprint density at radius 3 is 2.17 bits per heavy atom. The first-order valence-corrected chi connectivity index (χ1v) is 12.9. The lowest BCUT2D eigenvalue weighted by Gasteiger charge is -2.27. The summed E-state index contributed by atoms with van der Waals surface area (Å²) in [6.45, 7) is 3.60. The zero-order chi connectivity index (χ0) is 26.3. The van der Waals surface area contributed by atoms with Crippen LogP contribution in [0.1, 0.15) is 31.9 Å². The first kappa shape index (κ1) is 27.0. The number of halogens is 1. The van der Waals surface area contributed by atoms with Gasteiger partial charge in [-0.3, -0.25) is 9.10 Å². The van der Waals surface area contributed by atoms with Crippen molar-refractivity contribution in [2.45, 2.75) is 31.2 Å². The van der Waals surface area contributed by atoms with Crippen molar-refractivity contribution in [3.05, 3.63) is 84.2 Å². The van der Waals surface area contributed by atoms with Gasteiger partial charge < -0.3 is 14.8 Å². The molecule has 0 unspecified atom stereocenters. The van der Waals surface area contributed by atoms with Crippen molar-refractivity contribution in [2.24, 2.45) is 5.92 Å². The molecule has 1 N–H and O–H groups in total. The van der Waals surface area contributed by atoms with Crippen LogP contribution < -0.4 is 19.1 Å². The minimum Gasteiger partial charge on any atom is -0.493 e. The van der Waals surface area contributed by atoms with Gasteiger partial charge in [0.05, 0.1) is 30.8 Å². The van der Waals surface area contributed by atoms with Gasteiger partial charge in [-0.1, -0.05) is 44.2 Å². The molecule has 0 aromatic heterocycles. The van der Waals surface area contributed by atoms with Gasteiger partial charge in [0, 0.05) is 6.07 Å².